The van der Waals surface area contributed by atoms with Gasteiger partial charge < -0.3 is 9.15 Å². The molecule has 0 saturated heterocycles. The normalized spacial score (nSPS) is 12.2. The summed E-state index contributed by atoms with van der Waals surface area (Å²) in [6.45, 7) is -0.692. The molecule has 0 radical (unpaired) electrons. The van der Waals surface area contributed by atoms with Crippen molar-refractivity contribution in [3.05, 3.63) is 35.0 Å². The molecular weight excluding hydrogens is 453 g/mol. The molecule has 0 spiro atoms. The molecular formula is C16H12ClF3N4O5S. The Balaban J connectivity index is 2.11. The van der Waals surface area contributed by atoms with Crippen molar-refractivity contribution in [2.45, 2.75) is 17.6 Å². The molecule has 3 aromatic rings. The summed E-state index contributed by atoms with van der Waals surface area (Å²) in [5.74, 6) is -1.51. The van der Waals surface area contributed by atoms with Crippen LogP contribution in [-0.2, 0) is 32.1 Å². The highest BCUT2D eigenvalue weighted by atomic mass is 35.5. The van der Waals surface area contributed by atoms with E-state index in [-0.39, 0.29) is 16.3 Å². The topological polar surface area (TPSA) is 117 Å². The minimum atomic E-state index is -4.90. The average molecular weight is 465 g/mol. The van der Waals surface area contributed by atoms with Crippen molar-refractivity contribution in [1.82, 2.24) is 20.0 Å². The molecule has 0 bridgehead atoms. The number of hydrogen-bond acceptors (Lipinski definition) is 8. The molecule has 0 aliphatic carbocycles. The lowest BCUT2D eigenvalue weighted by Gasteiger charge is -2.03. The molecule has 0 N–H and O–H groups in total. The number of hydrogen-bond donors (Lipinski definition) is 0. The Bertz CT molecular complexity index is 1220. The van der Waals surface area contributed by atoms with Crippen LogP contribution in [0.4, 0.5) is 13.2 Å². The molecule has 2 aromatic heterocycles. The summed E-state index contributed by atoms with van der Waals surface area (Å²) < 4.78 is 73.5. The zero-order valence-electron chi connectivity index (χ0n) is 15.3. The van der Waals surface area contributed by atoms with Crippen LogP contribution in [0.25, 0.3) is 23.0 Å². The van der Waals surface area contributed by atoms with Crippen LogP contribution in [0.3, 0.4) is 0 Å². The number of benzene rings is 1. The lowest BCUT2D eigenvalue weighted by atomic mass is 10.2. The Labute approximate surface area is 172 Å². The second kappa shape index (κ2) is 7.72. The van der Waals surface area contributed by atoms with Crippen molar-refractivity contribution < 1.29 is 35.5 Å². The smallest absolute Gasteiger partial charge is 0.436 e. The Hall–Kier alpha value is -2.93. The molecule has 0 unspecified atom stereocenters. The first kappa shape index (κ1) is 21.8. The summed E-state index contributed by atoms with van der Waals surface area (Å²) in [6.07, 6.45) is -3.89. The predicted octanol–water partition coefficient (Wildman–Crippen LogP) is 2.85. The maximum atomic E-state index is 13.2. The van der Waals surface area contributed by atoms with Crippen LogP contribution in [-0.4, -0.2) is 47.7 Å². The minimum absolute atomic E-state index is 0.0205. The predicted molar refractivity (Wildman–Crippen MR) is 96.1 cm³/mol. The fourth-order valence-electron chi connectivity index (χ4n) is 2.42. The zero-order chi connectivity index (χ0) is 22.3. The summed E-state index contributed by atoms with van der Waals surface area (Å²) in [5, 5.41) is 9.89. The number of rotatable bonds is 5. The van der Waals surface area contributed by atoms with Gasteiger partial charge in [-0.2, -0.15) is 18.3 Å². The standard InChI is InChI=1S/C16H12ClF3N4O5S/c1-28-10(25)7-24-12(11(17)13(23-24)16(18,19)20)15-22-21-14(29-15)8-4-3-5-9(6-8)30(2,26)27/h3-6H,7H2,1-2H3. The summed E-state index contributed by atoms with van der Waals surface area (Å²) in [6, 6.07) is 5.53. The molecule has 160 valence electrons. The third-order valence-electron chi connectivity index (χ3n) is 3.81. The highest BCUT2D eigenvalue weighted by Crippen LogP contribution is 2.39. The number of carbonyl (C=O) groups is 1. The van der Waals surface area contributed by atoms with E-state index in [2.05, 4.69) is 20.0 Å². The molecule has 9 nitrogen and oxygen atoms in total. The van der Waals surface area contributed by atoms with Gasteiger partial charge in [0.05, 0.1) is 12.0 Å². The van der Waals surface area contributed by atoms with Crippen molar-refractivity contribution in [3.63, 3.8) is 0 Å². The third kappa shape index (κ3) is 4.31. The van der Waals surface area contributed by atoms with E-state index in [1.54, 1.807) is 0 Å². The van der Waals surface area contributed by atoms with Gasteiger partial charge in [-0.1, -0.05) is 17.7 Å². The molecule has 30 heavy (non-hydrogen) atoms. The highest BCUT2D eigenvalue weighted by molar-refractivity contribution is 7.90. The van der Waals surface area contributed by atoms with Crippen LogP contribution >= 0.6 is 11.6 Å². The van der Waals surface area contributed by atoms with Gasteiger partial charge in [-0.25, -0.2) is 13.1 Å². The molecule has 2 heterocycles. The average Bonchev–Trinajstić information content (AvgIpc) is 3.25. The SMILES string of the molecule is COC(=O)Cn1nc(C(F)(F)F)c(Cl)c1-c1nnc(-c2cccc(S(C)(=O)=O)c2)o1. The number of aromatic nitrogens is 4. The van der Waals surface area contributed by atoms with Crippen molar-refractivity contribution in [2.75, 3.05) is 13.4 Å². The van der Waals surface area contributed by atoms with Crippen molar-refractivity contribution in [2.24, 2.45) is 0 Å². The van der Waals surface area contributed by atoms with Crippen LogP contribution in [0, 0.1) is 0 Å². The highest BCUT2D eigenvalue weighted by Gasteiger charge is 2.40. The number of sulfone groups is 1. The van der Waals surface area contributed by atoms with E-state index in [0.717, 1.165) is 13.4 Å². The number of halogens is 4. The largest absolute Gasteiger partial charge is 0.468 e. The summed E-state index contributed by atoms with van der Waals surface area (Å²) in [5.41, 5.74) is -1.67. The Morgan fingerprint density at radius 2 is 1.93 bits per heavy atom. The van der Waals surface area contributed by atoms with Crippen molar-refractivity contribution >= 4 is 27.4 Å². The monoisotopic (exact) mass is 464 g/mol. The van der Waals surface area contributed by atoms with Gasteiger partial charge in [0.1, 0.15) is 17.3 Å². The molecule has 14 heteroatoms. The Morgan fingerprint density at radius 1 is 1.27 bits per heavy atom. The summed E-state index contributed by atoms with van der Waals surface area (Å²) >= 11 is 5.85. The molecule has 0 aliphatic rings. The quantitative estimate of drug-likeness (QED) is 0.529. The van der Waals surface area contributed by atoms with E-state index in [0.29, 0.717) is 4.68 Å². The van der Waals surface area contributed by atoms with Gasteiger partial charge in [-0.05, 0) is 18.2 Å². The van der Waals surface area contributed by atoms with Crippen LogP contribution < -0.4 is 0 Å². The second-order valence-corrected chi connectivity index (χ2v) is 8.35. The first-order chi connectivity index (χ1) is 13.9. The molecule has 0 aliphatic heterocycles. The molecule has 0 saturated carbocycles. The number of esters is 1. The van der Waals surface area contributed by atoms with Gasteiger partial charge in [0.15, 0.2) is 15.5 Å². The Kier molecular flexibility index (Phi) is 5.60. The molecule has 1 aromatic carbocycles. The van der Waals surface area contributed by atoms with Crippen LogP contribution in [0.5, 0.6) is 0 Å². The maximum absolute atomic E-state index is 13.2. The fourth-order valence-corrected chi connectivity index (χ4v) is 3.41. The van der Waals surface area contributed by atoms with Crippen molar-refractivity contribution in [1.29, 1.82) is 0 Å². The number of alkyl halides is 3. The van der Waals surface area contributed by atoms with E-state index in [4.69, 9.17) is 16.0 Å². The lowest BCUT2D eigenvalue weighted by Crippen LogP contribution is -2.15. The minimum Gasteiger partial charge on any atom is -0.468 e. The van der Waals surface area contributed by atoms with Crippen LogP contribution in [0.15, 0.2) is 33.6 Å². The molecule has 3 rings (SSSR count). The number of ether oxygens (including phenoxy) is 1. The zero-order valence-corrected chi connectivity index (χ0v) is 16.8. The molecule has 0 fully saturated rings. The van der Waals surface area contributed by atoms with E-state index in [1.165, 1.54) is 24.3 Å². The van der Waals surface area contributed by atoms with Crippen LogP contribution in [0.1, 0.15) is 5.69 Å². The van der Waals surface area contributed by atoms with Gasteiger partial charge in [0.25, 0.3) is 5.89 Å². The van der Waals surface area contributed by atoms with Gasteiger partial charge in [-0.3, -0.25) is 4.79 Å². The van der Waals surface area contributed by atoms with E-state index in [9.17, 15) is 26.4 Å². The maximum Gasteiger partial charge on any atom is 0.436 e. The van der Waals surface area contributed by atoms with E-state index >= 15 is 0 Å². The first-order valence-corrected chi connectivity index (χ1v) is 10.2. The van der Waals surface area contributed by atoms with Gasteiger partial charge in [-0.15, -0.1) is 10.2 Å². The number of nitrogens with zero attached hydrogens (tertiary/aromatic N) is 4. The lowest BCUT2D eigenvalue weighted by molar-refractivity contribution is -0.144. The van der Waals surface area contributed by atoms with Gasteiger partial charge in [0, 0.05) is 11.8 Å². The summed E-state index contributed by atoms with van der Waals surface area (Å²) in [4.78, 5) is 11.5. The first-order valence-electron chi connectivity index (χ1n) is 7.96. The Morgan fingerprint density at radius 3 is 2.53 bits per heavy atom. The van der Waals surface area contributed by atoms with Crippen molar-refractivity contribution in [3.8, 4) is 23.0 Å². The number of methoxy groups -OCH3 is 1. The third-order valence-corrected chi connectivity index (χ3v) is 5.27. The number of carbonyl (C=O) groups excluding carboxylic acids is 1. The van der Waals surface area contributed by atoms with Gasteiger partial charge in [0.2, 0.25) is 5.89 Å². The van der Waals surface area contributed by atoms with E-state index < -0.39 is 50.8 Å². The van der Waals surface area contributed by atoms with E-state index in [1.807, 2.05) is 0 Å². The molecule has 0 atom stereocenters. The molecule has 0 amide bonds. The second-order valence-electron chi connectivity index (χ2n) is 5.96. The van der Waals surface area contributed by atoms with Crippen LogP contribution in [0.2, 0.25) is 5.02 Å². The summed E-state index contributed by atoms with van der Waals surface area (Å²) in [7, 11) is -2.47. The van der Waals surface area contributed by atoms with Gasteiger partial charge >= 0.3 is 12.1 Å². The fraction of sp³-hybridized carbons (Fsp3) is 0.250.